The molecule has 6 nitrogen and oxygen atoms in total. The lowest BCUT2D eigenvalue weighted by atomic mass is 9.99. The fourth-order valence-electron chi connectivity index (χ4n) is 2.65. The number of ether oxygens (including phenoxy) is 2. The SMILES string of the molecule is CCOC(=O)C(CNC(=O)[C@@H]1CC[C@H](CN)O1)c1ccccc1. The van der Waals surface area contributed by atoms with Gasteiger partial charge in [0, 0.05) is 13.1 Å². The second-order valence-electron chi connectivity index (χ2n) is 5.52. The quantitative estimate of drug-likeness (QED) is 0.730. The van der Waals surface area contributed by atoms with Crippen LogP contribution in [0.3, 0.4) is 0 Å². The first-order chi connectivity index (χ1) is 11.2. The van der Waals surface area contributed by atoms with Gasteiger partial charge in [0.05, 0.1) is 18.6 Å². The molecule has 1 saturated heterocycles. The lowest BCUT2D eigenvalue weighted by Gasteiger charge is -2.18. The van der Waals surface area contributed by atoms with Crippen molar-refractivity contribution in [1.29, 1.82) is 0 Å². The van der Waals surface area contributed by atoms with E-state index < -0.39 is 12.0 Å². The summed E-state index contributed by atoms with van der Waals surface area (Å²) in [5.74, 6) is -1.07. The molecule has 2 rings (SSSR count). The van der Waals surface area contributed by atoms with Crippen molar-refractivity contribution in [3.8, 4) is 0 Å². The minimum Gasteiger partial charge on any atom is -0.465 e. The first-order valence-electron chi connectivity index (χ1n) is 8.00. The van der Waals surface area contributed by atoms with E-state index in [4.69, 9.17) is 15.2 Å². The second-order valence-corrected chi connectivity index (χ2v) is 5.52. The molecule has 0 saturated carbocycles. The Morgan fingerprint density at radius 3 is 2.70 bits per heavy atom. The Hall–Kier alpha value is -1.92. The van der Waals surface area contributed by atoms with Gasteiger partial charge in [0.1, 0.15) is 6.10 Å². The van der Waals surface area contributed by atoms with Crippen LogP contribution in [0.25, 0.3) is 0 Å². The van der Waals surface area contributed by atoms with E-state index in [-0.39, 0.29) is 24.5 Å². The summed E-state index contributed by atoms with van der Waals surface area (Å²) in [6.45, 7) is 2.67. The van der Waals surface area contributed by atoms with Crippen molar-refractivity contribution in [2.45, 2.75) is 37.9 Å². The number of rotatable bonds is 7. The van der Waals surface area contributed by atoms with Crippen molar-refractivity contribution in [3.05, 3.63) is 35.9 Å². The number of nitrogens with one attached hydrogen (secondary N) is 1. The van der Waals surface area contributed by atoms with Gasteiger partial charge in [-0.1, -0.05) is 30.3 Å². The summed E-state index contributed by atoms with van der Waals surface area (Å²) in [4.78, 5) is 24.3. The van der Waals surface area contributed by atoms with Crippen molar-refractivity contribution >= 4 is 11.9 Å². The minimum absolute atomic E-state index is 0.0549. The summed E-state index contributed by atoms with van der Waals surface area (Å²) in [5.41, 5.74) is 6.37. The number of benzene rings is 1. The summed E-state index contributed by atoms with van der Waals surface area (Å²) in [7, 11) is 0. The Labute approximate surface area is 136 Å². The molecule has 0 bridgehead atoms. The molecule has 0 aromatic heterocycles. The third kappa shape index (κ3) is 4.77. The Bertz CT molecular complexity index is 521. The average Bonchev–Trinajstić information content (AvgIpc) is 3.05. The second kappa shape index (κ2) is 8.64. The van der Waals surface area contributed by atoms with E-state index in [1.54, 1.807) is 6.92 Å². The fourth-order valence-corrected chi connectivity index (χ4v) is 2.65. The van der Waals surface area contributed by atoms with Crippen molar-refractivity contribution in [3.63, 3.8) is 0 Å². The third-order valence-corrected chi connectivity index (χ3v) is 3.92. The Balaban J connectivity index is 1.96. The molecule has 0 aliphatic carbocycles. The number of nitrogens with two attached hydrogens (primary N) is 1. The highest BCUT2D eigenvalue weighted by Crippen LogP contribution is 2.20. The van der Waals surface area contributed by atoms with Gasteiger partial charge in [-0.15, -0.1) is 0 Å². The molecule has 6 heteroatoms. The van der Waals surface area contributed by atoms with E-state index in [1.807, 2.05) is 30.3 Å². The lowest BCUT2D eigenvalue weighted by Crippen LogP contribution is -2.39. The summed E-state index contributed by atoms with van der Waals surface area (Å²) < 4.78 is 10.7. The highest BCUT2D eigenvalue weighted by atomic mass is 16.5. The number of amides is 1. The van der Waals surface area contributed by atoms with E-state index in [1.165, 1.54) is 0 Å². The van der Waals surface area contributed by atoms with Gasteiger partial charge in [-0.2, -0.15) is 0 Å². The van der Waals surface area contributed by atoms with Crippen molar-refractivity contribution in [2.75, 3.05) is 19.7 Å². The van der Waals surface area contributed by atoms with Gasteiger partial charge in [0.15, 0.2) is 0 Å². The zero-order valence-electron chi connectivity index (χ0n) is 13.4. The highest BCUT2D eigenvalue weighted by Gasteiger charge is 2.31. The Kier molecular flexibility index (Phi) is 6.55. The standard InChI is InChI=1S/C17H24N2O4/c1-2-22-17(21)14(12-6-4-3-5-7-12)11-19-16(20)15-9-8-13(10-18)23-15/h3-7,13-15H,2,8-11,18H2,1H3,(H,19,20)/t13-,14?,15+/m1/s1. The largest absolute Gasteiger partial charge is 0.465 e. The normalized spacial score (nSPS) is 21.7. The van der Waals surface area contributed by atoms with E-state index in [9.17, 15) is 9.59 Å². The van der Waals surface area contributed by atoms with Crippen LogP contribution in [0.4, 0.5) is 0 Å². The molecule has 0 spiro atoms. The minimum atomic E-state index is -0.521. The molecule has 1 heterocycles. The molecule has 1 fully saturated rings. The van der Waals surface area contributed by atoms with Gasteiger partial charge in [0.25, 0.3) is 0 Å². The van der Waals surface area contributed by atoms with Crippen LogP contribution in [0, 0.1) is 0 Å². The zero-order valence-corrected chi connectivity index (χ0v) is 13.4. The monoisotopic (exact) mass is 320 g/mol. The maximum atomic E-state index is 12.2. The number of hydrogen-bond donors (Lipinski definition) is 2. The molecule has 1 aromatic rings. The topological polar surface area (TPSA) is 90.7 Å². The molecule has 1 amide bonds. The van der Waals surface area contributed by atoms with Crippen molar-refractivity contribution in [1.82, 2.24) is 5.32 Å². The van der Waals surface area contributed by atoms with Crippen molar-refractivity contribution < 1.29 is 19.1 Å². The molecule has 0 radical (unpaired) electrons. The van der Waals surface area contributed by atoms with Crippen LogP contribution < -0.4 is 11.1 Å². The summed E-state index contributed by atoms with van der Waals surface area (Å²) in [5, 5.41) is 2.80. The van der Waals surface area contributed by atoms with Crippen LogP contribution in [0.2, 0.25) is 0 Å². The zero-order chi connectivity index (χ0) is 16.7. The highest BCUT2D eigenvalue weighted by molar-refractivity contribution is 5.83. The van der Waals surface area contributed by atoms with E-state index in [0.717, 1.165) is 12.0 Å². The number of hydrogen-bond acceptors (Lipinski definition) is 5. The molecular formula is C17H24N2O4. The smallest absolute Gasteiger partial charge is 0.315 e. The van der Waals surface area contributed by atoms with E-state index in [2.05, 4.69) is 5.32 Å². The number of carbonyl (C=O) groups excluding carboxylic acids is 2. The average molecular weight is 320 g/mol. The van der Waals surface area contributed by atoms with Crippen LogP contribution in [-0.2, 0) is 19.1 Å². The van der Waals surface area contributed by atoms with Crippen LogP contribution >= 0.6 is 0 Å². The first kappa shape index (κ1) is 17.4. The van der Waals surface area contributed by atoms with Crippen LogP contribution in [-0.4, -0.2) is 43.8 Å². The molecule has 1 aromatic carbocycles. The molecule has 1 unspecified atom stereocenters. The summed E-state index contributed by atoms with van der Waals surface area (Å²) >= 11 is 0. The van der Waals surface area contributed by atoms with Crippen LogP contribution in [0.15, 0.2) is 30.3 Å². The first-order valence-corrected chi connectivity index (χ1v) is 8.00. The molecule has 3 atom stereocenters. The molecule has 1 aliphatic rings. The molecule has 3 N–H and O–H groups in total. The molecule has 126 valence electrons. The van der Waals surface area contributed by atoms with E-state index >= 15 is 0 Å². The van der Waals surface area contributed by atoms with Crippen LogP contribution in [0.1, 0.15) is 31.2 Å². The van der Waals surface area contributed by atoms with Crippen LogP contribution in [0.5, 0.6) is 0 Å². The van der Waals surface area contributed by atoms with Gasteiger partial charge in [0.2, 0.25) is 5.91 Å². The Morgan fingerprint density at radius 2 is 2.09 bits per heavy atom. The van der Waals surface area contributed by atoms with Gasteiger partial charge < -0.3 is 20.5 Å². The Morgan fingerprint density at radius 1 is 1.35 bits per heavy atom. The predicted molar refractivity (Wildman–Crippen MR) is 85.8 cm³/mol. The van der Waals surface area contributed by atoms with Gasteiger partial charge >= 0.3 is 5.97 Å². The molecule has 23 heavy (non-hydrogen) atoms. The molecular weight excluding hydrogens is 296 g/mol. The lowest BCUT2D eigenvalue weighted by molar-refractivity contribution is -0.145. The summed E-state index contributed by atoms with van der Waals surface area (Å²) in [6.07, 6.45) is 0.903. The third-order valence-electron chi connectivity index (χ3n) is 3.92. The van der Waals surface area contributed by atoms with Gasteiger partial charge in [-0.25, -0.2) is 0 Å². The van der Waals surface area contributed by atoms with Gasteiger partial charge in [-0.05, 0) is 25.3 Å². The van der Waals surface area contributed by atoms with Gasteiger partial charge in [-0.3, -0.25) is 9.59 Å². The fraction of sp³-hybridized carbons (Fsp3) is 0.529. The summed E-state index contributed by atoms with van der Waals surface area (Å²) in [6, 6.07) is 9.29. The number of carbonyl (C=O) groups is 2. The predicted octanol–water partition coefficient (Wildman–Crippen LogP) is 0.956. The van der Waals surface area contributed by atoms with Crippen molar-refractivity contribution in [2.24, 2.45) is 5.73 Å². The van der Waals surface area contributed by atoms with E-state index in [0.29, 0.717) is 19.6 Å². The molecule has 1 aliphatic heterocycles. The number of esters is 1. The maximum Gasteiger partial charge on any atom is 0.315 e. The maximum absolute atomic E-state index is 12.2.